The first-order valence-electron chi connectivity index (χ1n) is 5.17. The average molecular weight is 253 g/mol. The van der Waals surface area contributed by atoms with Crippen molar-refractivity contribution in [2.45, 2.75) is 13.0 Å². The van der Waals surface area contributed by atoms with Crippen molar-refractivity contribution >= 4 is 11.6 Å². The molecule has 2 aromatic heterocycles. The third-order valence-corrected chi connectivity index (χ3v) is 2.60. The maximum absolute atomic E-state index is 5.97. The monoisotopic (exact) mass is 252 g/mol. The molecule has 0 aromatic carbocycles. The van der Waals surface area contributed by atoms with Crippen LogP contribution < -0.4 is 0 Å². The summed E-state index contributed by atoms with van der Waals surface area (Å²) >= 11 is 5.97. The number of hydrogen-bond acceptors (Lipinski definition) is 4. The van der Waals surface area contributed by atoms with Crippen LogP contribution in [0.1, 0.15) is 18.9 Å². The Kier molecular flexibility index (Phi) is 3.40. The molecular weight excluding hydrogens is 240 g/mol. The predicted molar refractivity (Wildman–Crippen MR) is 64.7 cm³/mol. The average Bonchev–Trinajstić information content (AvgIpc) is 2.74. The molecule has 17 heavy (non-hydrogen) atoms. The minimum absolute atomic E-state index is 0.198. The fourth-order valence-corrected chi connectivity index (χ4v) is 1.60. The van der Waals surface area contributed by atoms with Crippen LogP contribution >= 0.6 is 11.6 Å². The van der Waals surface area contributed by atoms with E-state index in [9.17, 15) is 0 Å². The molecule has 0 fully saturated rings. The summed E-state index contributed by atoms with van der Waals surface area (Å²) in [7, 11) is 3.46. The van der Waals surface area contributed by atoms with Gasteiger partial charge >= 0.3 is 0 Å². The Morgan fingerprint density at radius 3 is 2.71 bits per heavy atom. The first-order valence-corrected chi connectivity index (χ1v) is 5.55. The van der Waals surface area contributed by atoms with Crippen molar-refractivity contribution in [3.8, 4) is 11.4 Å². The number of halogens is 1. The Bertz CT molecular complexity index is 526. The van der Waals surface area contributed by atoms with Crippen LogP contribution in [0.5, 0.6) is 0 Å². The summed E-state index contributed by atoms with van der Waals surface area (Å²) in [5.74, 6) is 0.556. The molecular formula is C11H13ClN4O. The van der Waals surface area contributed by atoms with Gasteiger partial charge in [0.25, 0.3) is 0 Å². The van der Waals surface area contributed by atoms with E-state index >= 15 is 0 Å². The third kappa shape index (κ3) is 2.62. The second-order valence-corrected chi connectivity index (χ2v) is 4.07. The highest BCUT2D eigenvalue weighted by Gasteiger charge is 2.12. The summed E-state index contributed by atoms with van der Waals surface area (Å²) in [6.45, 7) is 1.87. The van der Waals surface area contributed by atoms with Gasteiger partial charge in [-0.05, 0) is 13.0 Å². The van der Waals surface area contributed by atoms with Gasteiger partial charge in [-0.2, -0.15) is 5.10 Å². The Morgan fingerprint density at radius 1 is 1.35 bits per heavy atom. The summed E-state index contributed by atoms with van der Waals surface area (Å²) < 4.78 is 6.89. The SMILES string of the molecule is COC(C)c1nc(Cl)cc(-c2ccn(C)n2)n1. The minimum Gasteiger partial charge on any atom is -0.374 e. The van der Waals surface area contributed by atoms with Crippen molar-refractivity contribution in [2.24, 2.45) is 7.05 Å². The van der Waals surface area contributed by atoms with Crippen LogP contribution in [0.15, 0.2) is 18.3 Å². The molecule has 0 spiro atoms. The highest BCUT2D eigenvalue weighted by Crippen LogP contribution is 2.21. The fraction of sp³-hybridized carbons (Fsp3) is 0.364. The predicted octanol–water partition coefficient (Wildman–Crippen LogP) is 2.24. The molecule has 2 rings (SSSR count). The Morgan fingerprint density at radius 2 is 2.12 bits per heavy atom. The highest BCUT2D eigenvalue weighted by molar-refractivity contribution is 6.29. The van der Waals surface area contributed by atoms with Crippen LogP contribution in [0, 0.1) is 0 Å². The van der Waals surface area contributed by atoms with E-state index in [0.29, 0.717) is 16.7 Å². The van der Waals surface area contributed by atoms with E-state index in [1.54, 1.807) is 17.9 Å². The summed E-state index contributed by atoms with van der Waals surface area (Å²) in [5.41, 5.74) is 1.46. The van der Waals surface area contributed by atoms with Crippen molar-refractivity contribution in [1.82, 2.24) is 19.7 Å². The molecule has 6 heteroatoms. The topological polar surface area (TPSA) is 52.8 Å². The highest BCUT2D eigenvalue weighted by atomic mass is 35.5. The first kappa shape index (κ1) is 12.0. The number of rotatable bonds is 3. The lowest BCUT2D eigenvalue weighted by Crippen LogP contribution is -2.04. The van der Waals surface area contributed by atoms with Crippen molar-refractivity contribution in [3.05, 3.63) is 29.3 Å². The molecule has 90 valence electrons. The minimum atomic E-state index is -0.198. The number of hydrogen-bond donors (Lipinski definition) is 0. The third-order valence-electron chi connectivity index (χ3n) is 2.41. The normalized spacial score (nSPS) is 12.7. The zero-order valence-electron chi connectivity index (χ0n) is 9.88. The lowest BCUT2D eigenvalue weighted by Gasteiger charge is -2.09. The molecule has 0 radical (unpaired) electrons. The quantitative estimate of drug-likeness (QED) is 0.786. The second kappa shape index (κ2) is 4.81. The Balaban J connectivity index is 2.44. The maximum atomic E-state index is 5.97. The van der Waals surface area contributed by atoms with E-state index in [4.69, 9.17) is 16.3 Å². The van der Waals surface area contributed by atoms with E-state index in [-0.39, 0.29) is 6.10 Å². The molecule has 2 heterocycles. The molecule has 0 N–H and O–H groups in total. The summed E-state index contributed by atoms with van der Waals surface area (Å²) in [6, 6.07) is 3.57. The number of methoxy groups -OCH3 is 1. The van der Waals surface area contributed by atoms with E-state index in [1.807, 2.05) is 26.2 Å². The van der Waals surface area contributed by atoms with Gasteiger partial charge in [0.2, 0.25) is 0 Å². The fourth-order valence-electron chi connectivity index (χ4n) is 1.41. The van der Waals surface area contributed by atoms with Gasteiger partial charge < -0.3 is 4.74 Å². The molecule has 2 aromatic rings. The van der Waals surface area contributed by atoms with E-state index in [2.05, 4.69) is 15.1 Å². The van der Waals surface area contributed by atoms with Crippen LogP contribution in [0.2, 0.25) is 5.15 Å². The van der Waals surface area contributed by atoms with Gasteiger partial charge in [0.15, 0.2) is 5.82 Å². The van der Waals surface area contributed by atoms with Crippen molar-refractivity contribution in [3.63, 3.8) is 0 Å². The molecule has 0 saturated heterocycles. The lowest BCUT2D eigenvalue weighted by molar-refractivity contribution is 0.112. The molecule has 0 aliphatic rings. The molecule has 0 bridgehead atoms. The molecule has 0 aliphatic heterocycles. The number of ether oxygens (including phenoxy) is 1. The van der Waals surface area contributed by atoms with Crippen LogP contribution in [-0.2, 0) is 11.8 Å². The first-order chi connectivity index (χ1) is 8.10. The summed E-state index contributed by atoms with van der Waals surface area (Å²) in [5, 5.41) is 4.66. The number of aryl methyl sites for hydroxylation is 1. The van der Waals surface area contributed by atoms with Gasteiger partial charge in [-0.1, -0.05) is 11.6 Å². The smallest absolute Gasteiger partial charge is 0.159 e. The van der Waals surface area contributed by atoms with E-state index < -0.39 is 0 Å². The van der Waals surface area contributed by atoms with Gasteiger partial charge in [0.05, 0.1) is 5.69 Å². The molecule has 0 amide bonds. The van der Waals surface area contributed by atoms with Crippen LogP contribution in [0.25, 0.3) is 11.4 Å². The van der Waals surface area contributed by atoms with Crippen molar-refractivity contribution in [2.75, 3.05) is 7.11 Å². The van der Waals surface area contributed by atoms with E-state index in [1.165, 1.54) is 0 Å². The maximum Gasteiger partial charge on any atom is 0.159 e. The van der Waals surface area contributed by atoms with Gasteiger partial charge in [0.1, 0.15) is 17.0 Å². The zero-order chi connectivity index (χ0) is 12.4. The lowest BCUT2D eigenvalue weighted by atomic mass is 10.3. The molecule has 0 aliphatic carbocycles. The molecule has 1 unspecified atom stereocenters. The zero-order valence-corrected chi connectivity index (χ0v) is 10.6. The van der Waals surface area contributed by atoms with E-state index in [0.717, 1.165) is 5.69 Å². The Hall–Kier alpha value is -1.46. The van der Waals surface area contributed by atoms with Gasteiger partial charge in [-0.25, -0.2) is 9.97 Å². The number of nitrogens with zero attached hydrogens (tertiary/aromatic N) is 4. The van der Waals surface area contributed by atoms with Crippen LogP contribution in [0.3, 0.4) is 0 Å². The van der Waals surface area contributed by atoms with Gasteiger partial charge in [0, 0.05) is 26.4 Å². The number of aromatic nitrogens is 4. The molecule has 5 nitrogen and oxygen atoms in total. The Labute approximate surface area is 104 Å². The molecule has 1 atom stereocenters. The molecule has 0 saturated carbocycles. The van der Waals surface area contributed by atoms with Crippen molar-refractivity contribution in [1.29, 1.82) is 0 Å². The van der Waals surface area contributed by atoms with Crippen LogP contribution in [-0.4, -0.2) is 26.9 Å². The second-order valence-electron chi connectivity index (χ2n) is 3.69. The van der Waals surface area contributed by atoms with Crippen LogP contribution in [0.4, 0.5) is 0 Å². The summed E-state index contributed by atoms with van der Waals surface area (Å²) in [6.07, 6.45) is 1.65. The van der Waals surface area contributed by atoms with Gasteiger partial charge in [-0.3, -0.25) is 4.68 Å². The standard InChI is InChI=1S/C11H13ClN4O/c1-7(17-3)11-13-9(6-10(12)14-11)8-4-5-16(2)15-8/h4-7H,1-3H3. The largest absolute Gasteiger partial charge is 0.374 e. The van der Waals surface area contributed by atoms with Gasteiger partial charge in [-0.15, -0.1) is 0 Å². The summed E-state index contributed by atoms with van der Waals surface area (Å²) in [4.78, 5) is 8.52. The van der Waals surface area contributed by atoms with Crippen molar-refractivity contribution < 1.29 is 4.74 Å².